The zero-order valence-corrected chi connectivity index (χ0v) is 19.7. The minimum atomic E-state index is -0.203. The molecule has 3 aromatic heterocycles. The summed E-state index contributed by atoms with van der Waals surface area (Å²) in [6.45, 7) is 5.66. The summed E-state index contributed by atoms with van der Waals surface area (Å²) in [6, 6.07) is 5.74. The summed E-state index contributed by atoms with van der Waals surface area (Å²) in [7, 11) is 1.68. The Hall–Kier alpha value is -2.95. The topological polar surface area (TPSA) is 129 Å². The van der Waals surface area contributed by atoms with Crippen LogP contribution in [0.1, 0.15) is 26.5 Å². The number of hydrogen-bond donors (Lipinski definition) is 3. The molecule has 5 rings (SSSR count). The van der Waals surface area contributed by atoms with Gasteiger partial charge < -0.3 is 31.2 Å². The first kappa shape index (κ1) is 21.9. The third-order valence-corrected chi connectivity index (χ3v) is 7.41. The molecule has 174 valence electrons. The number of carbonyl (C=O) groups excluding carboxylic acids is 1. The van der Waals surface area contributed by atoms with Crippen LogP contribution in [0.5, 0.6) is 5.88 Å². The molecule has 5 heterocycles. The van der Waals surface area contributed by atoms with E-state index in [1.54, 1.807) is 7.11 Å². The maximum atomic E-state index is 13.0. The van der Waals surface area contributed by atoms with Crippen molar-refractivity contribution in [3.05, 3.63) is 39.9 Å². The van der Waals surface area contributed by atoms with Gasteiger partial charge in [0.1, 0.15) is 22.1 Å². The van der Waals surface area contributed by atoms with Crippen molar-refractivity contribution in [2.24, 2.45) is 5.73 Å². The molecule has 3 aromatic rings. The van der Waals surface area contributed by atoms with Gasteiger partial charge >= 0.3 is 0 Å². The molecule has 0 aromatic carbocycles. The number of thiophene rings is 1. The van der Waals surface area contributed by atoms with Crippen molar-refractivity contribution >= 4 is 39.0 Å². The van der Waals surface area contributed by atoms with Crippen LogP contribution < -0.4 is 26.4 Å². The minimum Gasteiger partial charge on any atom is -0.475 e. The first-order valence-corrected chi connectivity index (χ1v) is 11.8. The molecule has 33 heavy (non-hydrogen) atoms. The van der Waals surface area contributed by atoms with E-state index in [1.165, 1.54) is 11.3 Å². The quantitative estimate of drug-likeness (QED) is 0.529. The Morgan fingerprint density at radius 3 is 2.88 bits per heavy atom. The highest BCUT2D eigenvalue weighted by Gasteiger charge is 2.32. The van der Waals surface area contributed by atoms with Crippen LogP contribution in [0.4, 0.5) is 11.5 Å². The highest BCUT2D eigenvalue weighted by atomic mass is 32.1. The van der Waals surface area contributed by atoms with Crippen LogP contribution in [0, 0.1) is 13.8 Å². The van der Waals surface area contributed by atoms with E-state index < -0.39 is 0 Å². The molecule has 1 fully saturated rings. The number of nitrogens with zero attached hydrogens (tertiary/aromatic N) is 3. The van der Waals surface area contributed by atoms with Crippen molar-refractivity contribution in [1.82, 2.24) is 15.3 Å². The largest absolute Gasteiger partial charge is 0.475 e. The number of rotatable bonds is 4. The molecule has 0 radical (unpaired) electrons. The molecule has 9 nitrogen and oxygen atoms in total. The maximum absolute atomic E-state index is 13.0. The predicted molar refractivity (Wildman–Crippen MR) is 129 cm³/mol. The number of nitrogens with two attached hydrogens (primary N) is 2. The molecule has 0 unspecified atom stereocenters. The zero-order chi connectivity index (χ0) is 23.3. The summed E-state index contributed by atoms with van der Waals surface area (Å²) in [5, 5.41) is 3.92. The van der Waals surface area contributed by atoms with Crippen LogP contribution in [0.3, 0.4) is 0 Å². The fraction of sp³-hybridized carbons (Fsp3) is 0.435. The van der Waals surface area contributed by atoms with Crippen molar-refractivity contribution in [3.63, 3.8) is 0 Å². The SMILES string of the molecule is CO[C@H]1CN(c2ccc3c(n2)OC[C@H](NC(=O)c2sc4nc(C)cc(C)c4c2N)C3)C[C@@H]1N. The number of anilines is 2. The van der Waals surface area contributed by atoms with Crippen LogP contribution in [0.2, 0.25) is 0 Å². The van der Waals surface area contributed by atoms with Gasteiger partial charge in [-0.15, -0.1) is 11.3 Å². The molecule has 5 N–H and O–H groups in total. The maximum Gasteiger partial charge on any atom is 0.263 e. The average molecular weight is 469 g/mol. The Labute approximate surface area is 196 Å². The number of hydrogen-bond acceptors (Lipinski definition) is 9. The summed E-state index contributed by atoms with van der Waals surface area (Å²) in [4.78, 5) is 25.6. The van der Waals surface area contributed by atoms with Crippen molar-refractivity contribution in [2.45, 2.75) is 38.5 Å². The number of pyridine rings is 2. The van der Waals surface area contributed by atoms with E-state index in [4.69, 9.17) is 20.9 Å². The molecule has 1 saturated heterocycles. The van der Waals surface area contributed by atoms with E-state index in [1.807, 2.05) is 32.0 Å². The van der Waals surface area contributed by atoms with Gasteiger partial charge in [-0.2, -0.15) is 4.98 Å². The van der Waals surface area contributed by atoms with E-state index in [0.717, 1.165) is 32.9 Å². The molecule has 0 bridgehead atoms. The third-order valence-electron chi connectivity index (χ3n) is 6.31. The second-order valence-electron chi connectivity index (χ2n) is 8.77. The number of nitrogen functional groups attached to an aromatic ring is 1. The van der Waals surface area contributed by atoms with Crippen LogP contribution in [-0.2, 0) is 11.2 Å². The normalized spacial score (nSPS) is 22.3. The highest BCUT2D eigenvalue weighted by molar-refractivity contribution is 7.21. The molecular formula is C23H28N6O3S. The third kappa shape index (κ3) is 3.98. The van der Waals surface area contributed by atoms with E-state index in [0.29, 0.717) is 42.6 Å². The summed E-state index contributed by atoms with van der Waals surface area (Å²) < 4.78 is 11.4. The number of amides is 1. The number of nitrogens with one attached hydrogen (secondary N) is 1. The lowest BCUT2D eigenvalue weighted by Crippen LogP contribution is -2.43. The second kappa shape index (κ2) is 8.44. The molecule has 0 aliphatic carbocycles. The number of fused-ring (bicyclic) bond motifs is 2. The Bertz CT molecular complexity index is 1230. The number of ether oxygens (including phenoxy) is 2. The van der Waals surface area contributed by atoms with Gasteiger partial charge in [0.15, 0.2) is 0 Å². The van der Waals surface area contributed by atoms with Gasteiger partial charge in [0, 0.05) is 43.3 Å². The van der Waals surface area contributed by atoms with E-state index in [-0.39, 0.29) is 24.1 Å². The summed E-state index contributed by atoms with van der Waals surface area (Å²) in [5.74, 6) is 1.22. The van der Waals surface area contributed by atoms with Gasteiger partial charge in [-0.1, -0.05) is 0 Å². The molecule has 0 spiro atoms. The van der Waals surface area contributed by atoms with Crippen LogP contribution >= 0.6 is 11.3 Å². The van der Waals surface area contributed by atoms with Crippen LogP contribution in [0.15, 0.2) is 18.2 Å². The smallest absolute Gasteiger partial charge is 0.263 e. The van der Waals surface area contributed by atoms with Gasteiger partial charge in [0.05, 0.1) is 23.9 Å². The molecule has 2 aliphatic heterocycles. The lowest BCUT2D eigenvalue weighted by molar-refractivity contribution is 0.0918. The van der Waals surface area contributed by atoms with E-state index in [9.17, 15) is 4.79 Å². The fourth-order valence-corrected chi connectivity index (χ4v) is 5.76. The Morgan fingerprint density at radius 2 is 2.12 bits per heavy atom. The summed E-state index contributed by atoms with van der Waals surface area (Å²) >= 11 is 1.33. The standard InChI is InChI=1S/C23H28N6O3S/c1-11-6-12(2)26-23-18(11)19(25)20(33-23)21(30)27-14-7-13-4-5-17(28-22(13)32-10-14)29-8-15(24)16(9-29)31-3/h4-6,14-16H,7-10,24-25H2,1-3H3,(H,27,30)/t14-,15+,16+/m1/s1. The lowest BCUT2D eigenvalue weighted by atomic mass is 10.1. The van der Waals surface area contributed by atoms with Crippen molar-refractivity contribution in [2.75, 3.05) is 37.4 Å². The van der Waals surface area contributed by atoms with Crippen molar-refractivity contribution < 1.29 is 14.3 Å². The van der Waals surface area contributed by atoms with Crippen LogP contribution in [-0.4, -0.2) is 60.9 Å². The Kier molecular flexibility index (Phi) is 5.59. The monoisotopic (exact) mass is 468 g/mol. The van der Waals surface area contributed by atoms with Gasteiger partial charge in [0.2, 0.25) is 5.88 Å². The molecule has 1 amide bonds. The molecular weight excluding hydrogens is 440 g/mol. The predicted octanol–water partition coefficient (Wildman–Crippen LogP) is 1.79. The van der Waals surface area contributed by atoms with Crippen molar-refractivity contribution in [3.8, 4) is 5.88 Å². The fourth-order valence-electron chi connectivity index (χ4n) is 4.64. The number of aryl methyl sites for hydroxylation is 2. The number of methoxy groups -OCH3 is 1. The van der Waals surface area contributed by atoms with Crippen molar-refractivity contribution in [1.29, 1.82) is 0 Å². The summed E-state index contributed by atoms with van der Waals surface area (Å²) in [6.07, 6.45) is 0.628. The number of carbonyl (C=O) groups is 1. The molecule has 10 heteroatoms. The lowest BCUT2D eigenvalue weighted by Gasteiger charge is -2.26. The minimum absolute atomic E-state index is 0.00687. The second-order valence-corrected chi connectivity index (χ2v) is 9.77. The molecule has 0 saturated carbocycles. The first-order valence-electron chi connectivity index (χ1n) is 11.0. The van der Waals surface area contributed by atoms with Crippen LogP contribution in [0.25, 0.3) is 10.2 Å². The van der Waals surface area contributed by atoms with Gasteiger partial charge in [0.25, 0.3) is 5.91 Å². The molecule has 2 aliphatic rings. The molecule has 3 atom stereocenters. The van der Waals surface area contributed by atoms with E-state index >= 15 is 0 Å². The van der Waals surface area contributed by atoms with Gasteiger partial charge in [-0.3, -0.25) is 4.79 Å². The Balaban J connectivity index is 1.29. The van der Waals surface area contributed by atoms with Gasteiger partial charge in [-0.25, -0.2) is 4.98 Å². The zero-order valence-electron chi connectivity index (χ0n) is 18.9. The average Bonchev–Trinajstić information content (AvgIpc) is 3.32. The number of aromatic nitrogens is 2. The Morgan fingerprint density at radius 1 is 1.30 bits per heavy atom. The first-order chi connectivity index (χ1) is 15.8. The highest BCUT2D eigenvalue weighted by Crippen LogP contribution is 2.35. The van der Waals surface area contributed by atoms with Gasteiger partial charge in [-0.05, 0) is 37.6 Å². The van der Waals surface area contributed by atoms with E-state index in [2.05, 4.69) is 20.2 Å². The summed E-state index contributed by atoms with van der Waals surface area (Å²) in [5.41, 5.74) is 15.8.